The molecule has 116 valence electrons. The van der Waals surface area contributed by atoms with E-state index in [1.165, 1.54) is 6.33 Å². The second-order valence-corrected chi connectivity index (χ2v) is 5.20. The van der Waals surface area contributed by atoms with E-state index in [9.17, 15) is 9.18 Å². The Balaban J connectivity index is 1.67. The number of halogens is 1. The van der Waals surface area contributed by atoms with Gasteiger partial charge in [-0.05, 0) is 13.8 Å². The number of rotatable bonds is 2. The second-order valence-electron chi connectivity index (χ2n) is 5.20. The number of piperazine rings is 1. The molecule has 0 saturated carbocycles. The molecule has 1 amide bonds. The Morgan fingerprint density at radius 1 is 1.23 bits per heavy atom. The summed E-state index contributed by atoms with van der Waals surface area (Å²) in [5, 5.41) is 3.73. The molecule has 0 radical (unpaired) electrons. The lowest BCUT2D eigenvalue weighted by atomic mass is 10.2. The van der Waals surface area contributed by atoms with Crippen LogP contribution in [0.5, 0.6) is 0 Å². The van der Waals surface area contributed by atoms with E-state index in [1.807, 2.05) is 4.90 Å². The zero-order valence-corrected chi connectivity index (χ0v) is 12.4. The number of nitrogens with zero attached hydrogens (tertiary/aromatic N) is 5. The van der Waals surface area contributed by atoms with E-state index in [0.29, 0.717) is 43.3 Å². The average molecular weight is 305 g/mol. The highest BCUT2D eigenvalue weighted by Crippen LogP contribution is 2.19. The van der Waals surface area contributed by atoms with Gasteiger partial charge in [0, 0.05) is 32.2 Å². The first kappa shape index (κ1) is 14.4. The van der Waals surface area contributed by atoms with Crippen LogP contribution in [0.2, 0.25) is 0 Å². The molecule has 7 nitrogen and oxygen atoms in total. The number of aromatic nitrogens is 3. The molecule has 0 bridgehead atoms. The molecule has 2 aromatic rings. The van der Waals surface area contributed by atoms with Crippen molar-refractivity contribution in [3.05, 3.63) is 35.4 Å². The van der Waals surface area contributed by atoms with Crippen LogP contribution in [0, 0.1) is 19.7 Å². The number of carbonyl (C=O) groups is 1. The van der Waals surface area contributed by atoms with Crippen LogP contribution in [0.15, 0.2) is 16.9 Å². The molecular formula is C14H16FN5O2. The summed E-state index contributed by atoms with van der Waals surface area (Å²) in [5.41, 5.74) is 0.622. The van der Waals surface area contributed by atoms with E-state index >= 15 is 0 Å². The minimum absolute atomic E-state index is 0.171. The number of hydrogen-bond donors (Lipinski definition) is 0. The van der Waals surface area contributed by atoms with E-state index in [4.69, 9.17) is 4.52 Å². The SMILES string of the molecule is Cc1cc(C(=O)N2CCN(c3ncnc(C)c3F)CC2)no1. The minimum Gasteiger partial charge on any atom is -0.361 e. The molecule has 0 N–H and O–H groups in total. The lowest BCUT2D eigenvalue weighted by molar-refractivity contribution is 0.0736. The summed E-state index contributed by atoms with van der Waals surface area (Å²) in [5.74, 6) is 0.308. The Morgan fingerprint density at radius 3 is 2.59 bits per heavy atom. The Labute approximate surface area is 126 Å². The van der Waals surface area contributed by atoms with Crippen LogP contribution in [0.3, 0.4) is 0 Å². The first-order chi connectivity index (χ1) is 10.6. The molecule has 8 heteroatoms. The fraction of sp³-hybridized carbons (Fsp3) is 0.429. The Hall–Kier alpha value is -2.51. The molecule has 0 spiro atoms. The number of hydrogen-bond acceptors (Lipinski definition) is 6. The molecule has 0 aliphatic carbocycles. The van der Waals surface area contributed by atoms with Gasteiger partial charge in [-0.15, -0.1) is 0 Å². The molecule has 2 aromatic heterocycles. The smallest absolute Gasteiger partial charge is 0.276 e. The van der Waals surface area contributed by atoms with Crippen molar-refractivity contribution in [1.82, 2.24) is 20.0 Å². The highest BCUT2D eigenvalue weighted by Gasteiger charge is 2.26. The van der Waals surface area contributed by atoms with E-state index in [-0.39, 0.29) is 11.7 Å². The fourth-order valence-corrected chi connectivity index (χ4v) is 2.42. The van der Waals surface area contributed by atoms with Crippen LogP contribution in [0.25, 0.3) is 0 Å². The number of carbonyl (C=O) groups excluding carboxylic acids is 1. The van der Waals surface area contributed by atoms with Gasteiger partial charge in [0.05, 0.1) is 5.69 Å². The van der Waals surface area contributed by atoms with Crippen molar-refractivity contribution in [3.8, 4) is 0 Å². The van der Waals surface area contributed by atoms with Gasteiger partial charge in [-0.3, -0.25) is 4.79 Å². The van der Waals surface area contributed by atoms with Gasteiger partial charge in [0.25, 0.3) is 5.91 Å². The number of amides is 1. The van der Waals surface area contributed by atoms with Crippen LogP contribution in [-0.2, 0) is 0 Å². The number of aryl methyl sites for hydroxylation is 2. The van der Waals surface area contributed by atoms with Gasteiger partial charge in [0.2, 0.25) is 0 Å². The third kappa shape index (κ3) is 2.63. The summed E-state index contributed by atoms with van der Waals surface area (Å²) < 4.78 is 19.0. The first-order valence-corrected chi connectivity index (χ1v) is 7.01. The van der Waals surface area contributed by atoms with Crippen LogP contribution in [0.1, 0.15) is 21.9 Å². The predicted octanol–water partition coefficient (Wildman–Crippen LogP) is 1.18. The lowest BCUT2D eigenvalue weighted by Crippen LogP contribution is -2.49. The second kappa shape index (κ2) is 5.70. The molecular weight excluding hydrogens is 289 g/mol. The van der Waals surface area contributed by atoms with E-state index < -0.39 is 5.82 Å². The molecule has 3 heterocycles. The summed E-state index contributed by atoms with van der Waals surface area (Å²) >= 11 is 0. The summed E-state index contributed by atoms with van der Waals surface area (Å²) in [4.78, 5) is 23.6. The summed E-state index contributed by atoms with van der Waals surface area (Å²) in [7, 11) is 0. The molecule has 0 unspecified atom stereocenters. The maximum Gasteiger partial charge on any atom is 0.276 e. The summed E-state index contributed by atoms with van der Waals surface area (Å²) in [6, 6.07) is 1.61. The fourth-order valence-electron chi connectivity index (χ4n) is 2.42. The Kier molecular flexibility index (Phi) is 3.74. The standard InChI is InChI=1S/C14H16FN5O2/c1-9-7-11(18-22-9)14(21)20-5-3-19(4-6-20)13-12(15)10(2)16-8-17-13/h7-8H,3-6H2,1-2H3. The third-order valence-corrected chi connectivity index (χ3v) is 3.66. The minimum atomic E-state index is -0.408. The molecule has 0 atom stereocenters. The lowest BCUT2D eigenvalue weighted by Gasteiger charge is -2.35. The zero-order chi connectivity index (χ0) is 15.7. The normalized spacial score (nSPS) is 15.2. The average Bonchev–Trinajstić information content (AvgIpc) is 2.96. The highest BCUT2D eigenvalue weighted by molar-refractivity contribution is 5.92. The van der Waals surface area contributed by atoms with Crippen molar-refractivity contribution in [2.24, 2.45) is 0 Å². The van der Waals surface area contributed by atoms with E-state index in [0.717, 1.165) is 0 Å². The molecule has 22 heavy (non-hydrogen) atoms. The summed E-state index contributed by atoms with van der Waals surface area (Å²) in [6.07, 6.45) is 1.35. The Bertz CT molecular complexity index is 694. The van der Waals surface area contributed by atoms with Crippen molar-refractivity contribution < 1.29 is 13.7 Å². The Morgan fingerprint density at radius 2 is 1.95 bits per heavy atom. The largest absolute Gasteiger partial charge is 0.361 e. The molecule has 1 aliphatic rings. The van der Waals surface area contributed by atoms with Crippen molar-refractivity contribution in [2.45, 2.75) is 13.8 Å². The third-order valence-electron chi connectivity index (χ3n) is 3.66. The van der Waals surface area contributed by atoms with Gasteiger partial charge in [0.1, 0.15) is 12.1 Å². The van der Waals surface area contributed by atoms with E-state index in [1.54, 1.807) is 24.8 Å². The predicted molar refractivity (Wildman–Crippen MR) is 76.1 cm³/mol. The molecule has 1 fully saturated rings. The van der Waals surface area contributed by atoms with Gasteiger partial charge in [0.15, 0.2) is 17.3 Å². The van der Waals surface area contributed by atoms with Crippen molar-refractivity contribution in [1.29, 1.82) is 0 Å². The topological polar surface area (TPSA) is 75.4 Å². The van der Waals surface area contributed by atoms with Crippen LogP contribution in [-0.4, -0.2) is 52.1 Å². The van der Waals surface area contributed by atoms with Crippen LogP contribution < -0.4 is 4.90 Å². The van der Waals surface area contributed by atoms with Gasteiger partial charge in [-0.1, -0.05) is 5.16 Å². The molecule has 0 aromatic carbocycles. The van der Waals surface area contributed by atoms with Gasteiger partial charge < -0.3 is 14.3 Å². The number of anilines is 1. The summed E-state index contributed by atoms with van der Waals surface area (Å²) in [6.45, 7) is 5.32. The maximum absolute atomic E-state index is 14.0. The van der Waals surface area contributed by atoms with Gasteiger partial charge in [-0.2, -0.15) is 0 Å². The molecule has 1 aliphatic heterocycles. The van der Waals surface area contributed by atoms with Gasteiger partial charge >= 0.3 is 0 Å². The first-order valence-electron chi connectivity index (χ1n) is 7.01. The van der Waals surface area contributed by atoms with Crippen LogP contribution in [0.4, 0.5) is 10.2 Å². The van der Waals surface area contributed by atoms with Crippen molar-refractivity contribution in [2.75, 3.05) is 31.1 Å². The molecule has 1 saturated heterocycles. The van der Waals surface area contributed by atoms with E-state index in [2.05, 4.69) is 15.1 Å². The zero-order valence-electron chi connectivity index (χ0n) is 12.4. The molecule has 3 rings (SSSR count). The quantitative estimate of drug-likeness (QED) is 0.829. The monoisotopic (exact) mass is 305 g/mol. The van der Waals surface area contributed by atoms with Crippen molar-refractivity contribution in [3.63, 3.8) is 0 Å². The van der Waals surface area contributed by atoms with Crippen molar-refractivity contribution >= 4 is 11.7 Å². The van der Waals surface area contributed by atoms with Gasteiger partial charge in [-0.25, -0.2) is 14.4 Å². The maximum atomic E-state index is 14.0. The highest BCUT2D eigenvalue weighted by atomic mass is 19.1. The van der Waals surface area contributed by atoms with Crippen LogP contribution >= 0.6 is 0 Å².